The van der Waals surface area contributed by atoms with Crippen molar-refractivity contribution in [3.63, 3.8) is 0 Å². The normalized spacial score (nSPS) is 11.2. The maximum Gasteiger partial charge on any atom is 0.293 e. The van der Waals surface area contributed by atoms with Crippen molar-refractivity contribution in [2.75, 3.05) is 17.7 Å². The number of para-hydroxylation sites is 2. The van der Waals surface area contributed by atoms with E-state index in [4.69, 9.17) is 16.2 Å². The molecule has 0 aliphatic rings. The van der Waals surface area contributed by atoms with Gasteiger partial charge in [-0.25, -0.2) is 10.1 Å². The van der Waals surface area contributed by atoms with Gasteiger partial charge in [0.15, 0.2) is 5.69 Å². The molecule has 0 fully saturated rings. The Hall–Kier alpha value is -5.27. The van der Waals surface area contributed by atoms with Crippen molar-refractivity contribution in [3.05, 3.63) is 71.5 Å². The van der Waals surface area contributed by atoms with E-state index in [1.165, 1.54) is 4.68 Å². The first-order valence-corrected chi connectivity index (χ1v) is 10.6. The molecule has 0 bridgehead atoms. The number of carbonyl (C=O) groups is 2. The number of ether oxygens (including phenoxy) is 1. The third kappa shape index (κ3) is 5.44. The summed E-state index contributed by atoms with van der Waals surface area (Å²) in [6, 6.07) is 15.8. The molecular formula is C22H22N10O4. The molecule has 14 heteroatoms. The summed E-state index contributed by atoms with van der Waals surface area (Å²) in [7, 11) is 0. The first-order chi connectivity index (χ1) is 17.4. The van der Waals surface area contributed by atoms with Crippen LogP contribution in [0.15, 0.2) is 64.3 Å². The number of nitrogens with zero attached hydrogens (tertiary/aromatic N) is 6. The highest BCUT2D eigenvalue weighted by molar-refractivity contribution is 5.98. The van der Waals surface area contributed by atoms with Crippen molar-refractivity contribution >= 4 is 29.0 Å². The smallest absolute Gasteiger partial charge is 0.293 e. The zero-order valence-electron chi connectivity index (χ0n) is 19.1. The van der Waals surface area contributed by atoms with Gasteiger partial charge in [0.25, 0.3) is 11.8 Å². The van der Waals surface area contributed by atoms with E-state index in [-0.39, 0.29) is 41.7 Å². The minimum atomic E-state index is -0.643. The van der Waals surface area contributed by atoms with Gasteiger partial charge in [0.05, 0.1) is 23.5 Å². The molecule has 4 aromatic rings. The lowest BCUT2D eigenvalue weighted by molar-refractivity contribution is 0.0947. The molecule has 14 nitrogen and oxygen atoms in total. The van der Waals surface area contributed by atoms with Crippen LogP contribution in [0, 0.1) is 0 Å². The molecule has 6 N–H and O–H groups in total. The SMILES string of the molecule is C/C(COc1ccccc1)=N/NC(=O)c1nnn(-c2nonc2N)c1CNc1ccccc1C(N)=O. The highest BCUT2D eigenvalue weighted by atomic mass is 16.6. The highest BCUT2D eigenvalue weighted by Crippen LogP contribution is 2.19. The molecule has 0 radical (unpaired) electrons. The molecule has 2 amide bonds. The number of nitrogens with one attached hydrogen (secondary N) is 2. The van der Waals surface area contributed by atoms with Crippen LogP contribution in [0.1, 0.15) is 33.5 Å². The number of primary amides is 1. The highest BCUT2D eigenvalue weighted by Gasteiger charge is 2.24. The number of carbonyl (C=O) groups excluding carboxylic acids is 2. The number of anilines is 2. The number of hydrogen-bond donors (Lipinski definition) is 4. The minimum Gasteiger partial charge on any atom is -0.488 e. The van der Waals surface area contributed by atoms with E-state index in [0.29, 0.717) is 17.1 Å². The summed E-state index contributed by atoms with van der Waals surface area (Å²) in [5, 5.41) is 22.3. The quantitative estimate of drug-likeness (QED) is 0.184. The number of nitrogens with two attached hydrogens (primary N) is 2. The van der Waals surface area contributed by atoms with Gasteiger partial charge in [-0.2, -0.15) is 9.78 Å². The molecule has 184 valence electrons. The summed E-state index contributed by atoms with van der Waals surface area (Å²) in [4.78, 5) is 24.7. The van der Waals surface area contributed by atoms with Crippen molar-refractivity contribution in [2.45, 2.75) is 13.5 Å². The Morgan fingerprint density at radius 3 is 2.58 bits per heavy atom. The van der Waals surface area contributed by atoms with Gasteiger partial charge in [-0.15, -0.1) is 5.10 Å². The zero-order chi connectivity index (χ0) is 25.5. The second-order valence-corrected chi connectivity index (χ2v) is 7.42. The van der Waals surface area contributed by atoms with Crippen LogP contribution in [-0.2, 0) is 6.54 Å². The van der Waals surface area contributed by atoms with Crippen molar-refractivity contribution in [1.29, 1.82) is 0 Å². The van der Waals surface area contributed by atoms with E-state index in [2.05, 4.69) is 41.1 Å². The second-order valence-electron chi connectivity index (χ2n) is 7.42. The first kappa shape index (κ1) is 23.9. The van der Waals surface area contributed by atoms with Gasteiger partial charge < -0.3 is 21.5 Å². The van der Waals surface area contributed by atoms with Crippen LogP contribution in [0.2, 0.25) is 0 Å². The lowest BCUT2D eigenvalue weighted by Gasteiger charge is -2.11. The summed E-state index contributed by atoms with van der Waals surface area (Å²) in [5.74, 6) is -0.606. The monoisotopic (exact) mass is 490 g/mol. The van der Waals surface area contributed by atoms with Gasteiger partial charge in [0, 0.05) is 5.69 Å². The summed E-state index contributed by atoms with van der Waals surface area (Å²) in [6.45, 7) is 1.85. The minimum absolute atomic E-state index is 0.00778. The van der Waals surface area contributed by atoms with Gasteiger partial charge >= 0.3 is 0 Å². The molecule has 0 unspecified atom stereocenters. The van der Waals surface area contributed by atoms with Gasteiger partial charge in [-0.3, -0.25) is 9.59 Å². The Balaban J connectivity index is 1.54. The number of benzene rings is 2. The molecule has 36 heavy (non-hydrogen) atoms. The number of amides is 2. The molecule has 2 aromatic heterocycles. The number of nitrogen functional groups attached to an aromatic ring is 1. The number of hydrazone groups is 1. The summed E-state index contributed by atoms with van der Waals surface area (Å²) in [5.41, 5.74) is 15.1. The Labute approximate surface area is 204 Å². The molecule has 0 atom stereocenters. The van der Waals surface area contributed by atoms with Gasteiger partial charge in [0.1, 0.15) is 12.4 Å². The van der Waals surface area contributed by atoms with E-state index < -0.39 is 11.8 Å². The van der Waals surface area contributed by atoms with E-state index in [1.54, 1.807) is 31.2 Å². The number of hydrogen-bond acceptors (Lipinski definition) is 11. The third-order valence-corrected chi connectivity index (χ3v) is 4.85. The molecule has 0 spiro atoms. The van der Waals surface area contributed by atoms with E-state index in [1.807, 2.05) is 30.3 Å². The standard InChI is InChI=1S/C22H22N10O4/c1-13(12-35-14-7-3-2-4-8-14)26-28-22(34)18-17(32(31-27-18)21-19(23)29-36-30-21)11-25-16-10-6-5-9-15(16)20(24)33/h2-10,25H,11-12H2,1H3,(H2,23,29)(H2,24,33)(H,28,34)/b26-13-. The number of rotatable bonds is 10. The zero-order valence-corrected chi connectivity index (χ0v) is 19.1. The Bertz CT molecular complexity index is 1400. The average molecular weight is 490 g/mol. The van der Waals surface area contributed by atoms with Gasteiger partial charge in [-0.05, 0) is 41.5 Å². The van der Waals surface area contributed by atoms with E-state index >= 15 is 0 Å². The second kappa shape index (κ2) is 10.8. The van der Waals surface area contributed by atoms with Crippen LogP contribution in [0.5, 0.6) is 5.75 Å². The summed E-state index contributed by atoms with van der Waals surface area (Å²) < 4.78 is 11.5. The van der Waals surface area contributed by atoms with Crippen LogP contribution in [0.4, 0.5) is 11.5 Å². The predicted molar refractivity (Wildman–Crippen MR) is 128 cm³/mol. The maximum atomic E-state index is 12.9. The van der Waals surface area contributed by atoms with Crippen LogP contribution >= 0.6 is 0 Å². The van der Waals surface area contributed by atoms with Crippen LogP contribution in [0.25, 0.3) is 5.82 Å². The first-order valence-electron chi connectivity index (χ1n) is 10.6. The van der Waals surface area contributed by atoms with Gasteiger partial charge in [0.2, 0.25) is 11.6 Å². The molecule has 4 rings (SSSR count). The lowest BCUT2D eigenvalue weighted by atomic mass is 10.1. The van der Waals surface area contributed by atoms with E-state index in [0.717, 1.165) is 0 Å². The predicted octanol–water partition coefficient (Wildman–Crippen LogP) is 1.13. The molecule has 0 aliphatic heterocycles. The Morgan fingerprint density at radius 1 is 1.11 bits per heavy atom. The Morgan fingerprint density at radius 2 is 1.86 bits per heavy atom. The fraction of sp³-hybridized carbons (Fsp3) is 0.136. The topological polar surface area (TPSA) is 201 Å². The van der Waals surface area contributed by atoms with Crippen LogP contribution in [-0.4, -0.2) is 49.4 Å². The summed E-state index contributed by atoms with van der Waals surface area (Å²) >= 11 is 0. The van der Waals surface area contributed by atoms with Crippen molar-refractivity contribution in [3.8, 4) is 11.6 Å². The fourth-order valence-corrected chi connectivity index (χ4v) is 3.11. The lowest BCUT2D eigenvalue weighted by Crippen LogP contribution is -2.24. The fourth-order valence-electron chi connectivity index (χ4n) is 3.11. The van der Waals surface area contributed by atoms with E-state index in [9.17, 15) is 9.59 Å². The van der Waals surface area contributed by atoms with Crippen LogP contribution in [0.3, 0.4) is 0 Å². The molecule has 0 saturated carbocycles. The van der Waals surface area contributed by atoms with Crippen molar-refractivity contribution in [1.82, 2.24) is 30.7 Å². The maximum absolute atomic E-state index is 12.9. The third-order valence-electron chi connectivity index (χ3n) is 4.85. The molecule has 2 aromatic carbocycles. The largest absolute Gasteiger partial charge is 0.488 e. The molecule has 0 saturated heterocycles. The number of aromatic nitrogens is 5. The molecular weight excluding hydrogens is 468 g/mol. The molecule has 2 heterocycles. The summed E-state index contributed by atoms with van der Waals surface area (Å²) in [6.07, 6.45) is 0. The average Bonchev–Trinajstić information content (AvgIpc) is 3.51. The van der Waals surface area contributed by atoms with Gasteiger partial charge in [-0.1, -0.05) is 35.5 Å². The van der Waals surface area contributed by atoms with Crippen molar-refractivity contribution < 1.29 is 19.0 Å². The van der Waals surface area contributed by atoms with Crippen molar-refractivity contribution in [2.24, 2.45) is 10.8 Å². The Kier molecular flexibility index (Phi) is 7.14. The van der Waals surface area contributed by atoms with Crippen LogP contribution < -0.4 is 26.9 Å². The molecule has 0 aliphatic carbocycles.